The number of aromatic nitrogens is 1. The van der Waals surface area contributed by atoms with Crippen molar-refractivity contribution in [3.63, 3.8) is 0 Å². The molecule has 2 rings (SSSR count). The zero-order valence-electron chi connectivity index (χ0n) is 10.5. The molecule has 0 atom stereocenters. The molecule has 0 saturated heterocycles. The van der Waals surface area contributed by atoms with Crippen molar-refractivity contribution in [3.8, 4) is 11.5 Å². The van der Waals surface area contributed by atoms with Crippen LogP contribution in [0.1, 0.15) is 11.3 Å². The first-order valence-corrected chi connectivity index (χ1v) is 7.12. The molecule has 0 unspecified atom stereocenters. The lowest BCUT2D eigenvalue weighted by Crippen LogP contribution is -1.91. The number of hydrogen-bond acceptors (Lipinski definition) is 5. The van der Waals surface area contributed by atoms with Crippen molar-refractivity contribution >= 4 is 44.6 Å². The van der Waals surface area contributed by atoms with Gasteiger partial charge in [-0.25, -0.2) is 4.98 Å². The van der Waals surface area contributed by atoms with Gasteiger partial charge in [-0.1, -0.05) is 0 Å². The maximum absolute atomic E-state index is 5.59. The van der Waals surface area contributed by atoms with Crippen LogP contribution in [0.5, 0.6) is 11.5 Å². The van der Waals surface area contributed by atoms with Gasteiger partial charge in [0.25, 0.3) is 0 Å². The second kappa shape index (κ2) is 6.08. The van der Waals surface area contributed by atoms with Crippen molar-refractivity contribution in [2.24, 2.45) is 0 Å². The van der Waals surface area contributed by atoms with Gasteiger partial charge in [0, 0.05) is 21.5 Å². The van der Waals surface area contributed by atoms with Gasteiger partial charge in [-0.05, 0) is 34.1 Å². The number of ether oxygens (including phenoxy) is 2. The molecule has 0 bridgehead atoms. The van der Waals surface area contributed by atoms with Crippen molar-refractivity contribution in [2.75, 3.05) is 20.0 Å². The first-order valence-electron chi connectivity index (χ1n) is 5.44. The molecule has 2 aromatic rings. The first-order chi connectivity index (χ1) is 9.13. The van der Waals surface area contributed by atoms with Gasteiger partial charge in [-0.2, -0.15) is 0 Å². The summed E-state index contributed by atoms with van der Waals surface area (Å²) in [6, 6.07) is 3.72. The molecule has 0 aliphatic rings. The normalized spacial score (nSPS) is 10.9. The summed E-state index contributed by atoms with van der Waals surface area (Å²) in [5, 5.41) is 2.45. The van der Waals surface area contributed by atoms with Crippen LogP contribution < -0.4 is 15.2 Å². The van der Waals surface area contributed by atoms with E-state index in [0.29, 0.717) is 5.13 Å². The van der Waals surface area contributed by atoms with Crippen LogP contribution in [-0.2, 0) is 0 Å². The van der Waals surface area contributed by atoms with Gasteiger partial charge >= 0.3 is 0 Å². The highest BCUT2D eigenvalue weighted by molar-refractivity contribution is 9.10. The average molecular weight is 341 g/mol. The number of anilines is 1. The molecule has 0 radical (unpaired) electrons. The van der Waals surface area contributed by atoms with Gasteiger partial charge in [0.15, 0.2) is 5.13 Å². The summed E-state index contributed by atoms with van der Waals surface area (Å²) in [5.74, 6) is 1.46. The van der Waals surface area contributed by atoms with Gasteiger partial charge < -0.3 is 15.2 Å². The van der Waals surface area contributed by atoms with Crippen LogP contribution in [0.4, 0.5) is 5.13 Å². The molecule has 1 heterocycles. The molecule has 100 valence electrons. The lowest BCUT2D eigenvalue weighted by atomic mass is 10.1. The molecule has 6 heteroatoms. The number of rotatable bonds is 4. The second-order valence-electron chi connectivity index (χ2n) is 3.67. The van der Waals surface area contributed by atoms with E-state index in [0.717, 1.165) is 27.2 Å². The van der Waals surface area contributed by atoms with Crippen LogP contribution in [0, 0.1) is 0 Å². The first kappa shape index (κ1) is 13.9. The van der Waals surface area contributed by atoms with Crippen molar-refractivity contribution in [2.45, 2.75) is 0 Å². The van der Waals surface area contributed by atoms with Crippen LogP contribution in [0.3, 0.4) is 0 Å². The minimum Gasteiger partial charge on any atom is -0.497 e. The van der Waals surface area contributed by atoms with E-state index >= 15 is 0 Å². The Kier molecular flexibility index (Phi) is 4.44. The van der Waals surface area contributed by atoms with E-state index in [9.17, 15) is 0 Å². The largest absolute Gasteiger partial charge is 0.497 e. The van der Waals surface area contributed by atoms with Gasteiger partial charge in [0.1, 0.15) is 11.5 Å². The van der Waals surface area contributed by atoms with Crippen molar-refractivity contribution in [1.82, 2.24) is 4.98 Å². The third-order valence-corrected chi connectivity index (χ3v) is 3.83. The van der Waals surface area contributed by atoms with Crippen LogP contribution in [0.25, 0.3) is 12.2 Å². The maximum Gasteiger partial charge on any atom is 0.180 e. The third-order valence-electron chi connectivity index (χ3n) is 2.48. The zero-order valence-corrected chi connectivity index (χ0v) is 12.9. The number of benzene rings is 1. The highest BCUT2D eigenvalue weighted by Crippen LogP contribution is 2.33. The SMILES string of the molecule is COc1cc(Br)c(C=Cc2csc(N)n2)c(OC)c1. The summed E-state index contributed by atoms with van der Waals surface area (Å²) in [6.07, 6.45) is 3.82. The van der Waals surface area contributed by atoms with Crippen LogP contribution in [0.2, 0.25) is 0 Å². The molecule has 0 fully saturated rings. The topological polar surface area (TPSA) is 57.4 Å². The van der Waals surface area contributed by atoms with Crippen LogP contribution >= 0.6 is 27.3 Å². The van der Waals surface area contributed by atoms with E-state index < -0.39 is 0 Å². The number of methoxy groups -OCH3 is 2. The minimum absolute atomic E-state index is 0.556. The average Bonchev–Trinajstić information content (AvgIpc) is 2.82. The number of thiazole rings is 1. The Morgan fingerprint density at radius 2 is 2.05 bits per heavy atom. The molecule has 2 N–H and O–H groups in total. The fraction of sp³-hybridized carbons (Fsp3) is 0.154. The van der Waals surface area contributed by atoms with E-state index in [2.05, 4.69) is 20.9 Å². The number of nitrogens with zero attached hydrogens (tertiary/aromatic N) is 1. The summed E-state index contributed by atoms with van der Waals surface area (Å²) in [4.78, 5) is 4.17. The predicted octanol–water partition coefficient (Wildman–Crippen LogP) is 3.68. The number of hydrogen-bond donors (Lipinski definition) is 1. The molecular weight excluding hydrogens is 328 g/mol. The van der Waals surface area contributed by atoms with E-state index in [-0.39, 0.29) is 0 Å². The Labute approximate surface area is 124 Å². The molecule has 1 aromatic carbocycles. The van der Waals surface area contributed by atoms with E-state index in [1.54, 1.807) is 14.2 Å². The summed E-state index contributed by atoms with van der Waals surface area (Å²) in [6.45, 7) is 0. The summed E-state index contributed by atoms with van der Waals surface area (Å²) >= 11 is 4.92. The zero-order chi connectivity index (χ0) is 13.8. The molecular formula is C13H13BrN2O2S. The molecule has 1 aromatic heterocycles. The fourth-order valence-electron chi connectivity index (χ4n) is 1.56. The molecule has 0 aliphatic carbocycles. The predicted molar refractivity (Wildman–Crippen MR) is 82.7 cm³/mol. The van der Waals surface area contributed by atoms with E-state index in [4.69, 9.17) is 15.2 Å². The lowest BCUT2D eigenvalue weighted by Gasteiger charge is -2.09. The Hall–Kier alpha value is -1.53. The fourth-order valence-corrected chi connectivity index (χ4v) is 2.65. The van der Waals surface area contributed by atoms with Crippen molar-refractivity contribution in [1.29, 1.82) is 0 Å². The highest BCUT2D eigenvalue weighted by Gasteiger charge is 2.08. The number of nitrogens with two attached hydrogens (primary N) is 1. The Morgan fingerprint density at radius 3 is 2.63 bits per heavy atom. The standard InChI is InChI=1S/C13H13BrN2O2S/c1-17-9-5-11(14)10(12(6-9)18-2)4-3-8-7-19-13(15)16-8/h3-7H,1-2H3,(H2,15,16). The van der Waals surface area contributed by atoms with Gasteiger partial charge in [-0.15, -0.1) is 11.3 Å². The third kappa shape index (κ3) is 3.27. The summed E-state index contributed by atoms with van der Waals surface area (Å²) < 4.78 is 11.4. The maximum atomic E-state index is 5.59. The molecule has 0 spiro atoms. The number of halogens is 1. The monoisotopic (exact) mass is 340 g/mol. The Balaban J connectivity index is 2.36. The smallest absolute Gasteiger partial charge is 0.180 e. The van der Waals surface area contributed by atoms with Gasteiger partial charge in [-0.3, -0.25) is 0 Å². The van der Waals surface area contributed by atoms with Crippen LogP contribution in [0.15, 0.2) is 22.0 Å². The molecule has 0 amide bonds. The summed E-state index contributed by atoms with van der Waals surface area (Å²) in [5.41, 5.74) is 7.35. The Morgan fingerprint density at radius 1 is 1.26 bits per heavy atom. The van der Waals surface area contributed by atoms with E-state index in [1.807, 2.05) is 29.7 Å². The van der Waals surface area contributed by atoms with E-state index in [1.165, 1.54) is 11.3 Å². The quantitative estimate of drug-likeness (QED) is 0.922. The number of nitrogen functional groups attached to an aromatic ring is 1. The molecule has 19 heavy (non-hydrogen) atoms. The molecule has 4 nitrogen and oxygen atoms in total. The Bertz CT molecular complexity index is 611. The second-order valence-corrected chi connectivity index (χ2v) is 5.41. The van der Waals surface area contributed by atoms with Crippen molar-refractivity contribution in [3.05, 3.63) is 33.2 Å². The highest BCUT2D eigenvalue weighted by atomic mass is 79.9. The molecule has 0 saturated carbocycles. The van der Waals surface area contributed by atoms with Gasteiger partial charge in [0.2, 0.25) is 0 Å². The summed E-state index contributed by atoms with van der Waals surface area (Å²) in [7, 11) is 3.24. The van der Waals surface area contributed by atoms with Gasteiger partial charge in [0.05, 0.1) is 19.9 Å². The lowest BCUT2D eigenvalue weighted by molar-refractivity contribution is 0.393. The molecule has 0 aliphatic heterocycles. The minimum atomic E-state index is 0.556. The van der Waals surface area contributed by atoms with Crippen LogP contribution in [-0.4, -0.2) is 19.2 Å². The van der Waals surface area contributed by atoms with Crippen molar-refractivity contribution < 1.29 is 9.47 Å².